The second kappa shape index (κ2) is 15.7. The van der Waals surface area contributed by atoms with Gasteiger partial charge in [0.1, 0.15) is 51.3 Å². The fraction of sp³-hybridized carbons (Fsp3) is 0.304. The van der Waals surface area contributed by atoms with Crippen molar-refractivity contribution in [3.05, 3.63) is 61.8 Å². The van der Waals surface area contributed by atoms with E-state index in [0.29, 0.717) is 11.3 Å². The van der Waals surface area contributed by atoms with Crippen LogP contribution in [0.4, 0.5) is 0 Å². The average Bonchev–Trinajstić information content (AvgIpc) is 2.81. The first kappa shape index (κ1) is 26.0. The zero-order chi connectivity index (χ0) is 23.6. The second-order valence-corrected chi connectivity index (χ2v) is 5.63. The van der Waals surface area contributed by atoms with E-state index in [1.54, 1.807) is 12.1 Å². The zero-order valence-electron chi connectivity index (χ0n) is 18.0. The monoisotopic (exact) mass is 445 g/mol. The quantitative estimate of drug-likeness (QED) is 0.117. The number of carbonyl (C=O) groups excluding carboxylic acids is 1. The Balaban J connectivity index is 3.38. The van der Waals surface area contributed by atoms with Gasteiger partial charge in [-0.1, -0.05) is 19.7 Å². The van der Waals surface area contributed by atoms with E-state index < -0.39 is 5.97 Å². The fourth-order valence-electron chi connectivity index (χ4n) is 2.31. The van der Waals surface area contributed by atoms with Crippen molar-refractivity contribution < 1.29 is 38.0 Å². The van der Waals surface area contributed by atoms with E-state index in [2.05, 4.69) is 24.5 Å². The molecule has 32 heavy (non-hydrogen) atoms. The van der Waals surface area contributed by atoms with Crippen LogP contribution in [0.15, 0.2) is 56.2 Å². The summed E-state index contributed by atoms with van der Waals surface area (Å²) in [4.78, 5) is 11.9. The summed E-state index contributed by atoms with van der Waals surface area (Å²) in [7, 11) is 1.19. The van der Waals surface area contributed by atoms with E-state index in [1.807, 2.05) is 6.07 Å². The number of hydrogen-bond donors (Lipinski definition) is 0. The molecule has 1 rings (SSSR count). The standard InChI is InChI=1S/C23H27NO8/c1-5-27-10-13-30-20-9-8-18(16-19(17-24)23(25)26-4)21(31-14-11-28-6-2)22(20)32-15-12-29-7-3/h5-9,16H,1-3,10-15H2,4H3/b19-16+. The van der Waals surface area contributed by atoms with Crippen molar-refractivity contribution in [2.45, 2.75) is 0 Å². The van der Waals surface area contributed by atoms with Gasteiger partial charge in [-0.15, -0.1) is 0 Å². The minimum Gasteiger partial charge on any atom is -0.498 e. The molecule has 0 aromatic heterocycles. The van der Waals surface area contributed by atoms with Crippen molar-refractivity contribution in [1.82, 2.24) is 0 Å². The molecule has 0 fully saturated rings. The number of esters is 1. The Morgan fingerprint density at radius 1 is 0.875 bits per heavy atom. The van der Waals surface area contributed by atoms with Crippen LogP contribution in [0, 0.1) is 11.3 Å². The summed E-state index contributed by atoms with van der Waals surface area (Å²) in [6.07, 6.45) is 5.24. The van der Waals surface area contributed by atoms with Crippen molar-refractivity contribution in [2.24, 2.45) is 0 Å². The molecule has 0 N–H and O–H groups in total. The number of rotatable bonds is 17. The lowest BCUT2D eigenvalue weighted by Crippen LogP contribution is -2.12. The third-order valence-electron chi connectivity index (χ3n) is 3.64. The molecule has 1 aromatic rings. The number of nitrogens with zero attached hydrogens (tertiary/aromatic N) is 1. The zero-order valence-corrected chi connectivity index (χ0v) is 18.0. The van der Waals surface area contributed by atoms with Crippen LogP contribution in [0.3, 0.4) is 0 Å². The largest absolute Gasteiger partial charge is 0.498 e. The Kier molecular flexibility index (Phi) is 12.8. The summed E-state index contributed by atoms with van der Waals surface area (Å²) < 4.78 is 37.4. The van der Waals surface area contributed by atoms with Gasteiger partial charge in [-0.2, -0.15) is 5.26 Å². The molecular formula is C23H27NO8. The van der Waals surface area contributed by atoms with Gasteiger partial charge < -0.3 is 33.2 Å². The lowest BCUT2D eigenvalue weighted by Gasteiger charge is -2.19. The maximum absolute atomic E-state index is 11.9. The summed E-state index contributed by atoms with van der Waals surface area (Å²) in [5.41, 5.74) is 0.188. The Bertz CT molecular complexity index is 841. The molecule has 172 valence electrons. The van der Waals surface area contributed by atoms with Crippen LogP contribution in [0.5, 0.6) is 17.2 Å². The summed E-state index contributed by atoms with van der Waals surface area (Å²) in [5.74, 6) is 0.0858. The molecule has 0 amide bonds. The highest BCUT2D eigenvalue weighted by Crippen LogP contribution is 2.41. The molecule has 9 heteroatoms. The summed E-state index contributed by atoms with van der Waals surface area (Å²) in [5, 5.41) is 9.32. The smallest absolute Gasteiger partial charge is 0.348 e. The molecule has 1 aromatic carbocycles. The number of hydrogen-bond acceptors (Lipinski definition) is 9. The third kappa shape index (κ3) is 8.75. The van der Waals surface area contributed by atoms with E-state index >= 15 is 0 Å². The third-order valence-corrected chi connectivity index (χ3v) is 3.64. The molecule has 0 radical (unpaired) electrons. The number of nitriles is 1. The van der Waals surface area contributed by atoms with Gasteiger partial charge in [0, 0.05) is 5.56 Å². The van der Waals surface area contributed by atoms with Crippen LogP contribution in [-0.4, -0.2) is 52.7 Å². The molecule has 0 atom stereocenters. The van der Waals surface area contributed by atoms with E-state index in [0.717, 1.165) is 0 Å². The number of ether oxygens (including phenoxy) is 7. The van der Waals surface area contributed by atoms with Crippen LogP contribution >= 0.6 is 0 Å². The molecular weight excluding hydrogens is 418 g/mol. The molecule has 0 aliphatic heterocycles. The molecule has 0 spiro atoms. The maximum atomic E-state index is 11.9. The van der Waals surface area contributed by atoms with Crippen LogP contribution < -0.4 is 14.2 Å². The van der Waals surface area contributed by atoms with Crippen LogP contribution in [0.25, 0.3) is 6.08 Å². The highest BCUT2D eigenvalue weighted by molar-refractivity contribution is 5.98. The SMILES string of the molecule is C=COCCOc1ccc(/C=C(\C#N)C(=O)OC)c(OCCOC=C)c1OCCOC=C. The lowest BCUT2D eigenvalue weighted by atomic mass is 10.1. The first-order chi connectivity index (χ1) is 15.6. The van der Waals surface area contributed by atoms with Crippen molar-refractivity contribution in [1.29, 1.82) is 5.26 Å². The van der Waals surface area contributed by atoms with Gasteiger partial charge in [-0.3, -0.25) is 0 Å². The van der Waals surface area contributed by atoms with Gasteiger partial charge in [-0.05, 0) is 18.2 Å². The van der Waals surface area contributed by atoms with Gasteiger partial charge in [0.05, 0.1) is 25.9 Å². The summed E-state index contributed by atoms with van der Waals surface area (Å²) >= 11 is 0. The predicted octanol–water partition coefficient (Wildman–Crippen LogP) is 3.38. The molecule has 0 aliphatic carbocycles. The van der Waals surface area contributed by atoms with Gasteiger partial charge >= 0.3 is 5.97 Å². The molecule has 0 saturated carbocycles. The van der Waals surface area contributed by atoms with Crippen molar-refractivity contribution in [2.75, 3.05) is 46.8 Å². The average molecular weight is 445 g/mol. The highest BCUT2D eigenvalue weighted by Gasteiger charge is 2.19. The number of benzene rings is 1. The van der Waals surface area contributed by atoms with Crippen molar-refractivity contribution in [3.8, 4) is 23.3 Å². The first-order valence-electron chi connectivity index (χ1n) is 9.55. The Hall–Kier alpha value is -4.06. The van der Waals surface area contributed by atoms with Crippen LogP contribution in [0.2, 0.25) is 0 Å². The number of methoxy groups -OCH3 is 1. The molecule has 0 heterocycles. The minimum absolute atomic E-state index is 0.134. The maximum Gasteiger partial charge on any atom is 0.348 e. The van der Waals surface area contributed by atoms with Crippen molar-refractivity contribution in [3.63, 3.8) is 0 Å². The Morgan fingerprint density at radius 2 is 1.41 bits per heavy atom. The second-order valence-electron chi connectivity index (χ2n) is 5.63. The summed E-state index contributed by atoms with van der Waals surface area (Å²) in [6, 6.07) is 5.06. The highest BCUT2D eigenvalue weighted by atomic mass is 16.6. The lowest BCUT2D eigenvalue weighted by molar-refractivity contribution is -0.135. The Morgan fingerprint density at radius 3 is 1.91 bits per heavy atom. The van der Waals surface area contributed by atoms with Crippen molar-refractivity contribution >= 4 is 12.0 Å². The fourth-order valence-corrected chi connectivity index (χ4v) is 2.31. The van der Waals surface area contributed by atoms with Crippen LogP contribution in [-0.2, 0) is 23.7 Å². The van der Waals surface area contributed by atoms with Gasteiger partial charge in [0.25, 0.3) is 0 Å². The van der Waals surface area contributed by atoms with Gasteiger partial charge in [0.2, 0.25) is 5.75 Å². The first-order valence-corrected chi connectivity index (χ1v) is 9.55. The molecule has 0 bridgehead atoms. The minimum atomic E-state index is -0.780. The Labute approximate surface area is 187 Å². The molecule has 0 aliphatic rings. The van der Waals surface area contributed by atoms with E-state index in [-0.39, 0.29) is 56.7 Å². The summed E-state index contributed by atoms with van der Waals surface area (Å²) in [6.45, 7) is 11.7. The number of carbonyl (C=O) groups is 1. The molecule has 9 nitrogen and oxygen atoms in total. The van der Waals surface area contributed by atoms with E-state index in [4.69, 9.17) is 28.4 Å². The predicted molar refractivity (Wildman–Crippen MR) is 117 cm³/mol. The normalized spacial score (nSPS) is 10.2. The van der Waals surface area contributed by atoms with Gasteiger partial charge in [0.15, 0.2) is 11.5 Å². The van der Waals surface area contributed by atoms with Crippen LogP contribution in [0.1, 0.15) is 5.56 Å². The van der Waals surface area contributed by atoms with E-state index in [1.165, 1.54) is 32.0 Å². The van der Waals surface area contributed by atoms with Gasteiger partial charge in [-0.25, -0.2) is 4.79 Å². The molecule has 0 unspecified atom stereocenters. The molecule has 0 saturated heterocycles. The van der Waals surface area contributed by atoms with E-state index in [9.17, 15) is 10.1 Å². The topological polar surface area (TPSA) is 105 Å².